The summed E-state index contributed by atoms with van der Waals surface area (Å²) >= 11 is 0. The monoisotopic (exact) mass is 293 g/mol. The molecule has 1 amide bonds. The van der Waals surface area contributed by atoms with Crippen LogP contribution < -0.4 is 10.1 Å². The second-order valence-electron chi connectivity index (χ2n) is 4.67. The molecule has 22 heavy (non-hydrogen) atoms. The maximum Gasteiger partial charge on any atom is 0.256 e. The van der Waals surface area contributed by atoms with Crippen molar-refractivity contribution in [2.45, 2.75) is 0 Å². The van der Waals surface area contributed by atoms with E-state index in [0.29, 0.717) is 17.1 Å². The van der Waals surface area contributed by atoms with Crippen LogP contribution in [0.15, 0.2) is 66.9 Å². The molecule has 1 N–H and O–H groups in total. The molecule has 1 heterocycles. The van der Waals surface area contributed by atoms with E-state index in [9.17, 15) is 4.79 Å². The molecule has 0 bridgehead atoms. The Hall–Kier alpha value is -3.08. The van der Waals surface area contributed by atoms with Crippen molar-refractivity contribution in [1.29, 1.82) is 0 Å². The van der Waals surface area contributed by atoms with Crippen LogP contribution in [0.5, 0.6) is 5.75 Å². The highest BCUT2D eigenvalue weighted by molar-refractivity contribution is 6.03. The van der Waals surface area contributed by atoms with Crippen LogP contribution in [0, 0.1) is 0 Å². The van der Waals surface area contributed by atoms with Crippen molar-refractivity contribution in [2.24, 2.45) is 0 Å². The molecular weight excluding hydrogens is 278 g/mol. The quantitative estimate of drug-likeness (QED) is 0.804. The number of hydrogen-bond acceptors (Lipinski definition) is 3. The predicted octanol–water partition coefficient (Wildman–Crippen LogP) is 3.13. The first-order valence-electron chi connectivity index (χ1n) is 6.83. The van der Waals surface area contributed by atoms with Gasteiger partial charge in [-0.2, -0.15) is 5.10 Å². The van der Waals surface area contributed by atoms with E-state index in [1.807, 2.05) is 30.3 Å². The zero-order valence-electron chi connectivity index (χ0n) is 12.1. The van der Waals surface area contributed by atoms with Crippen LogP contribution >= 0.6 is 0 Å². The minimum Gasteiger partial charge on any atom is -0.497 e. The van der Waals surface area contributed by atoms with Gasteiger partial charge in [0.15, 0.2) is 5.82 Å². The van der Waals surface area contributed by atoms with Gasteiger partial charge in [0.2, 0.25) is 0 Å². The Kier molecular flexibility index (Phi) is 3.87. The number of para-hydroxylation sites is 1. The van der Waals surface area contributed by atoms with Crippen molar-refractivity contribution >= 4 is 11.7 Å². The van der Waals surface area contributed by atoms with Gasteiger partial charge in [-0.15, -0.1) is 0 Å². The number of benzene rings is 2. The van der Waals surface area contributed by atoms with Crippen LogP contribution in [0.25, 0.3) is 5.69 Å². The fourth-order valence-electron chi connectivity index (χ4n) is 2.07. The fraction of sp³-hybridized carbons (Fsp3) is 0.0588. The molecule has 0 aliphatic carbocycles. The molecule has 3 rings (SSSR count). The molecule has 0 aliphatic rings. The fourth-order valence-corrected chi connectivity index (χ4v) is 2.07. The zero-order chi connectivity index (χ0) is 15.4. The van der Waals surface area contributed by atoms with Crippen molar-refractivity contribution in [3.8, 4) is 11.4 Å². The lowest BCUT2D eigenvalue weighted by atomic mass is 10.2. The summed E-state index contributed by atoms with van der Waals surface area (Å²) in [5.74, 6) is 0.913. The topological polar surface area (TPSA) is 56.1 Å². The third-order valence-corrected chi connectivity index (χ3v) is 3.18. The van der Waals surface area contributed by atoms with Crippen LogP contribution in [-0.4, -0.2) is 22.8 Å². The molecule has 0 atom stereocenters. The van der Waals surface area contributed by atoms with Gasteiger partial charge in [-0.3, -0.25) is 4.79 Å². The summed E-state index contributed by atoms with van der Waals surface area (Å²) in [5.41, 5.74) is 1.46. The molecule has 1 aromatic heterocycles. The number of carbonyl (C=O) groups is 1. The average molecular weight is 293 g/mol. The van der Waals surface area contributed by atoms with E-state index in [4.69, 9.17) is 4.74 Å². The number of hydrogen-bond donors (Lipinski definition) is 1. The zero-order valence-corrected chi connectivity index (χ0v) is 12.1. The van der Waals surface area contributed by atoms with Crippen molar-refractivity contribution in [1.82, 2.24) is 9.78 Å². The molecule has 0 fully saturated rings. The molecule has 5 heteroatoms. The SMILES string of the molecule is COc1cccc(C(=O)Nc2ccn(-c3ccccc3)n2)c1. The van der Waals surface area contributed by atoms with Gasteiger partial charge >= 0.3 is 0 Å². The minimum absolute atomic E-state index is 0.225. The van der Waals surface area contributed by atoms with Crippen LogP contribution in [0.2, 0.25) is 0 Å². The van der Waals surface area contributed by atoms with Gasteiger partial charge in [-0.25, -0.2) is 4.68 Å². The molecule has 0 radical (unpaired) electrons. The number of ether oxygens (including phenoxy) is 1. The number of carbonyl (C=O) groups excluding carboxylic acids is 1. The average Bonchev–Trinajstić information content (AvgIpc) is 3.04. The van der Waals surface area contributed by atoms with Crippen molar-refractivity contribution in [3.63, 3.8) is 0 Å². The number of rotatable bonds is 4. The standard InChI is InChI=1S/C17H15N3O2/c1-22-15-9-5-6-13(12-15)17(21)18-16-10-11-20(19-16)14-7-3-2-4-8-14/h2-12H,1H3,(H,18,19,21). The van der Waals surface area contributed by atoms with Crippen molar-refractivity contribution in [3.05, 3.63) is 72.4 Å². The summed E-state index contributed by atoms with van der Waals surface area (Å²) in [4.78, 5) is 12.2. The first-order chi connectivity index (χ1) is 10.8. The number of anilines is 1. The van der Waals surface area contributed by atoms with Crippen LogP contribution in [0.1, 0.15) is 10.4 Å². The summed E-state index contributed by atoms with van der Waals surface area (Å²) < 4.78 is 6.83. The lowest BCUT2D eigenvalue weighted by molar-refractivity contribution is 0.102. The van der Waals surface area contributed by atoms with Crippen LogP contribution in [0.4, 0.5) is 5.82 Å². The smallest absolute Gasteiger partial charge is 0.256 e. The van der Waals surface area contributed by atoms with Crippen LogP contribution in [0.3, 0.4) is 0 Å². The van der Waals surface area contributed by atoms with Gasteiger partial charge in [-0.05, 0) is 30.3 Å². The summed E-state index contributed by atoms with van der Waals surface area (Å²) in [5, 5.41) is 7.12. The van der Waals surface area contributed by atoms with Gasteiger partial charge in [0.05, 0.1) is 12.8 Å². The van der Waals surface area contributed by atoms with Gasteiger partial charge in [-0.1, -0.05) is 24.3 Å². The number of amides is 1. The van der Waals surface area contributed by atoms with Crippen molar-refractivity contribution < 1.29 is 9.53 Å². The summed E-state index contributed by atoms with van der Waals surface area (Å²) in [6, 6.07) is 18.4. The third-order valence-electron chi connectivity index (χ3n) is 3.18. The Balaban J connectivity index is 1.76. The molecule has 0 unspecified atom stereocenters. The van der Waals surface area contributed by atoms with E-state index in [2.05, 4.69) is 10.4 Å². The molecule has 3 aromatic rings. The predicted molar refractivity (Wildman–Crippen MR) is 84.5 cm³/mol. The Morgan fingerprint density at radius 2 is 1.91 bits per heavy atom. The molecule has 0 saturated heterocycles. The Morgan fingerprint density at radius 3 is 2.68 bits per heavy atom. The van der Waals surface area contributed by atoms with E-state index in [1.54, 1.807) is 48.3 Å². The van der Waals surface area contributed by atoms with E-state index in [-0.39, 0.29) is 5.91 Å². The largest absolute Gasteiger partial charge is 0.497 e. The highest BCUT2D eigenvalue weighted by atomic mass is 16.5. The molecule has 2 aromatic carbocycles. The lowest BCUT2D eigenvalue weighted by Gasteiger charge is -2.04. The number of nitrogens with one attached hydrogen (secondary N) is 1. The lowest BCUT2D eigenvalue weighted by Crippen LogP contribution is -2.12. The summed E-state index contributed by atoms with van der Waals surface area (Å²) in [6.07, 6.45) is 1.80. The first kappa shape index (κ1) is 13.9. The molecule has 5 nitrogen and oxygen atoms in total. The van der Waals surface area contributed by atoms with Gasteiger partial charge in [0.1, 0.15) is 5.75 Å². The number of nitrogens with zero attached hydrogens (tertiary/aromatic N) is 2. The Labute approximate surface area is 128 Å². The molecule has 0 spiro atoms. The highest BCUT2D eigenvalue weighted by Gasteiger charge is 2.09. The van der Waals surface area contributed by atoms with Crippen molar-refractivity contribution in [2.75, 3.05) is 12.4 Å². The maximum absolute atomic E-state index is 12.2. The maximum atomic E-state index is 12.2. The Morgan fingerprint density at radius 1 is 1.09 bits per heavy atom. The van der Waals surface area contributed by atoms with Gasteiger partial charge in [0.25, 0.3) is 5.91 Å². The van der Waals surface area contributed by atoms with Gasteiger partial charge < -0.3 is 10.1 Å². The molecule has 0 saturated carbocycles. The number of methoxy groups -OCH3 is 1. The van der Waals surface area contributed by atoms with E-state index >= 15 is 0 Å². The second kappa shape index (κ2) is 6.13. The molecule has 110 valence electrons. The Bertz CT molecular complexity index is 781. The van der Waals surface area contributed by atoms with E-state index in [0.717, 1.165) is 5.69 Å². The number of aromatic nitrogens is 2. The molecule has 0 aliphatic heterocycles. The summed E-state index contributed by atoms with van der Waals surface area (Å²) in [6.45, 7) is 0. The van der Waals surface area contributed by atoms with Gasteiger partial charge in [0, 0.05) is 17.8 Å². The minimum atomic E-state index is -0.225. The van der Waals surface area contributed by atoms with Crippen LogP contribution in [-0.2, 0) is 0 Å². The summed E-state index contributed by atoms with van der Waals surface area (Å²) in [7, 11) is 1.57. The van der Waals surface area contributed by atoms with E-state index < -0.39 is 0 Å². The molecular formula is C17H15N3O2. The first-order valence-corrected chi connectivity index (χ1v) is 6.83. The highest BCUT2D eigenvalue weighted by Crippen LogP contribution is 2.15. The second-order valence-corrected chi connectivity index (χ2v) is 4.67. The third kappa shape index (κ3) is 2.98. The van der Waals surface area contributed by atoms with E-state index in [1.165, 1.54) is 0 Å². The normalized spacial score (nSPS) is 10.2.